The molecule has 15 heavy (non-hydrogen) atoms. The second-order valence-electron chi connectivity index (χ2n) is 4.55. The van der Waals surface area contributed by atoms with Crippen molar-refractivity contribution in [2.45, 2.75) is 26.2 Å². The molecular weight excluding hydrogens is 186 g/mol. The zero-order chi connectivity index (χ0) is 10.7. The van der Waals surface area contributed by atoms with E-state index in [9.17, 15) is 0 Å². The van der Waals surface area contributed by atoms with Crippen LogP contribution in [0.15, 0.2) is 18.5 Å². The highest BCUT2D eigenvalue weighted by atomic mass is 14.9. The molecule has 1 aliphatic carbocycles. The summed E-state index contributed by atoms with van der Waals surface area (Å²) < 4.78 is 0. The van der Waals surface area contributed by atoms with Crippen LogP contribution in [0.1, 0.15) is 31.7 Å². The topological polar surface area (TPSA) is 48.7 Å². The number of hydrogen-bond donors (Lipinski definition) is 1. The Bertz CT molecular complexity index is 388. The van der Waals surface area contributed by atoms with E-state index in [1.54, 1.807) is 18.5 Å². The monoisotopic (exact) mass is 201 g/mol. The van der Waals surface area contributed by atoms with Gasteiger partial charge in [0.05, 0.1) is 17.4 Å². The van der Waals surface area contributed by atoms with E-state index >= 15 is 0 Å². The molecule has 0 bridgehead atoms. The average Bonchev–Trinajstić information content (AvgIpc) is 2.24. The first-order valence-corrected chi connectivity index (χ1v) is 5.31. The minimum absolute atomic E-state index is 0.419. The van der Waals surface area contributed by atoms with E-state index < -0.39 is 0 Å². The number of anilines is 1. The van der Waals surface area contributed by atoms with Gasteiger partial charge >= 0.3 is 0 Å². The highest BCUT2D eigenvalue weighted by Crippen LogP contribution is 2.40. The fourth-order valence-corrected chi connectivity index (χ4v) is 1.90. The summed E-state index contributed by atoms with van der Waals surface area (Å²) in [7, 11) is 0. The molecule has 0 aliphatic heterocycles. The van der Waals surface area contributed by atoms with Gasteiger partial charge in [-0.1, -0.05) is 13.3 Å². The van der Waals surface area contributed by atoms with E-state index in [1.807, 2.05) is 0 Å². The van der Waals surface area contributed by atoms with Crippen LogP contribution in [0, 0.1) is 16.7 Å². The summed E-state index contributed by atoms with van der Waals surface area (Å²) in [5.74, 6) is 0. The molecule has 1 N–H and O–H groups in total. The minimum atomic E-state index is 0.419. The highest BCUT2D eigenvalue weighted by Gasteiger charge is 2.31. The third-order valence-corrected chi connectivity index (χ3v) is 3.21. The second kappa shape index (κ2) is 3.90. The molecule has 0 amide bonds. The Morgan fingerprint density at radius 1 is 1.60 bits per heavy atom. The molecule has 0 unspecified atom stereocenters. The maximum atomic E-state index is 8.90. The molecule has 1 saturated carbocycles. The van der Waals surface area contributed by atoms with Gasteiger partial charge in [0, 0.05) is 12.7 Å². The van der Waals surface area contributed by atoms with Crippen LogP contribution in [0.5, 0.6) is 0 Å². The standard InChI is InChI=1S/C12H15N3/c1-12(4-2-5-12)9-15-11-8-14-6-3-10(11)7-13/h3,6,8,15H,2,4-5,9H2,1H3. The van der Waals surface area contributed by atoms with Crippen LogP contribution in [-0.2, 0) is 0 Å². The second-order valence-corrected chi connectivity index (χ2v) is 4.55. The van der Waals surface area contributed by atoms with Gasteiger partial charge in [0.2, 0.25) is 0 Å². The Balaban J connectivity index is 2.02. The first kappa shape index (κ1) is 9.97. The predicted octanol–water partition coefficient (Wildman–Crippen LogP) is 2.56. The van der Waals surface area contributed by atoms with Crippen molar-refractivity contribution in [2.75, 3.05) is 11.9 Å². The molecule has 0 spiro atoms. The normalized spacial score (nSPS) is 17.6. The molecule has 3 nitrogen and oxygen atoms in total. The van der Waals surface area contributed by atoms with Gasteiger partial charge in [-0.3, -0.25) is 4.98 Å². The predicted molar refractivity (Wildman–Crippen MR) is 59.4 cm³/mol. The van der Waals surface area contributed by atoms with Crippen molar-refractivity contribution in [3.05, 3.63) is 24.0 Å². The number of hydrogen-bond acceptors (Lipinski definition) is 3. The van der Waals surface area contributed by atoms with Crippen LogP contribution in [0.25, 0.3) is 0 Å². The SMILES string of the molecule is CC1(CNc2cnccc2C#N)CCC1. The van der Waals surface area contributed by atoms with Gasteiger partial charge in [0.1, 0.15) is 6.07 Å². The van der Waals surface area contributed by atoms with E-state index in [1.165, 1.54) is 19.3 Å². The minimum Gasteiger partial charge on any atom is -0.382 e. The Hall–Kier alpha value is -1.56. The van der Waals surface area contributed by atoms with Crippen molar-refractivity contribution >= 4 is 5.69 Å². The third-order valence-electron chi connectivity index (χ3n) is 3.21. The van der Waals surface area contributed by atoms with Crippen LogP contribution in [-0.4, -0.2) is 11.5 Å². The fraction of sp³-hybridized carbons (Fsp3) is 0.500. The first-order chi connectivity index (χ1) is 7.23. The lowest BCUT2D eigenvalue weighted by Gasteiger charge is -2.38. The van der Waals surface area contributed by atoms with E-state index in [0.717, 1.165) is 12.2 Å². The van der Waals surface area contributed by atoms with E-state index in [-0.39, 0.29) is 0 Å². The molecule has 0 aromatic carbocycles. The zero-order valence-electron chi connectivity index (χ0n) is 8.95. The number of nitriles is 1. The van der Waals surface area contributed by atoms with Gasteiger partial charge in [-0.05, 0) is 24.3 Å². The van der Waals surface area contributed by atoms with Crippen LogP contribution in [0.4, 0.5) is 5.69 Å². The maximum Gasteiger partial charge on any atom is 0.101 e. The Morgan fingerprint density at radius 3 is 3.00 bits per heavy atom. The van der Waals surface area contributed by atoms with E-state index in [2.05, 4.69) is 23.3 Å². The molecule has 1 aromatic heterocycles. The van der Waals surface area contributed by atoms with Crippen molar-refractivity contribution in [1.82, 2.24) is 4.98 Å². The molecule has 1 aromatic rings. The van der Waals surface area contributed by atoms with Crippen LogP contribution < -0.4 is 5.32 Å². The van der Waals surface area contributed by atoms with Gasteiger partial charge in [-0.2, -0.15) is 5.26 Å². The van der Waals surface area contributed by atoms with Gasteiger partial charge in [0.25, 0.3) is 0 Å². The largest absolute Gasteiger partial charge is 0.382 e. The summed E-state index contributed by atoms with van der Waals surface area (Å²) in [4.78, 5) is 4.02. The molecule has 0 radical (unpaired) electrons. The summed E-state index contributed by atoms with van der Waals surface area (Å²) in [6.45, 7) is 3.22. The summed E-state index contributed by atoms with van der Waals surface area (Å²) in [6.07, 6.45) is 7.26. The highest BCUT2D eigenvalue weighted by molar-refractivity contribution is 5.55. The lowest BCUT2D eigenvalue weighted by atomic mass is 9.70. The quantitative estimate of drug-likeness (QED) is 0.817. The van der Waals surface area contributed by atoms with Crippen molar-refractivity contribution < 1.29 is 0 Å². The van der Waals surface area contributed by atoms with Gasteiger partial charge in [0.15, 0.2) is 0 Å². The van der Waals surface area contributed by atoms with Crippen LogP contribution >= 0.6 is 0 Å². The van der Waals surface area contributed by atoms with Crippen molar-refractivity contribution in [3.8, 4) is 6.07 Å². The first-order valence-electron chi connectivity index (χ1n) is 5.31. The molecule has 0 atom stereocenters. The van der Waals surface area contributed by atoms with Gasteiger partial charge in [-0.15, -0.1) is 0 Å². The molecule has 0 saturated heterocycles. The lowest BCUT2D eigenvalue weighted by molar-refractivity contribution is 0.180. The van der Waals surface area contributed by atoms with Crippen LogP contribution in [0.3, 0.4) is 0 Å². The summed E-state index contributed by atoms with van der Waals surface area (Å²) >= 11 is 0. The van der Waals surface area contributed by atoms with E-state index in [0.29, 0.717) is 11.0 Å². The lowest BCUT2D eigenvalue weighted by Crippen LogP contribution is -2.33. The maximum absolute atomic E-state index is 8.90. The third kappa shape index (κ3) is 2.10. The average molecular weight is 201 g/mol. The van der Waals surface area contributed by atoms with Crippen molar-refractivity contribution in [2.24, 2.45) is 5.41 Å². The Labute approximate surface area is 90.1 Å². The van der Waals surface area contributed by atoms with Crippen molar-refractivity contribution in [1.29, 1.82) is 5.26 Å². The molecule has 3 heteroatoms. The molecule has 78 valence electrons. The van der Waals surface area contributed by atoms with Crippen LogP contribution in [0.2, 0.25) is 0 Å². The summed E-state index contributed by atoms with van der Waals surface area (Å²) in [5.41, 5.74) is 1.95. The summed E-state index contributed by atoms with van der Waals surface area (Å²) in [6, 6.07) is 3.91. The molecule has 1 fully saturated rings. The fourth-order valence-electron chi connectivity index (χ4n) is 1.90. The Kier molecular flexibility index (Phi) is 2.59. The number of pyridine rings is 1. The molecule has 1 aliphatic rings. The van der Waals surface area contributed by atoms with Gasteiger partial charge < -0.3 is 5.32 Å². The number of rotatable bonds is 3. The number of aromatic nitrogens is 1. The molecule has 2 rings (SSSR count). The Morgan fingerprint density at radius 2 is 2.40 bits per heavy atom. The smallest absolute Gasteiger partial charge is 0.101 e. The number of nitrogens with zero attached hydrogens (tertiary/aromatic N) is 2. The molecule has 1 heterocycles. The number of nitrogens with one attached hydrogen (secondary N) is 1. The van der Waals surface area contributed by atoms with Gasteiger partial charge in [-0.25, -0.2) is 0 Å². The molecular formula is C12H15N3. The zero-order valence-corrected chi connectivity index (χ0v) is 8.95. The van der Waals surface area contributed by atoms with Crippen molar-refractivity contribution in [3.63, 3.8) is 0 Å². The summed E-state index contributed by atoms with van der Waals surface area (Å²) in [5, 5.41) is 12.2. The van der Waals surface area contributed by atoms with E-state index in [4.69, 9.17) is 5.26 Å².